The molecular weight excluding hydrogens is 536 g/mol. The fourth-order valence-corrected chi connectivity index (χ4v) is 11.5. The van der Waals surface area contributed by atoms with Crippen LogP contribution < -0.4 is 21.6 Å². The summed E-state index contributed by atoms with van der Waals surface area (Å²) < 4.78 is 28.8. The van der Waals surface area contributed by atoms with Crippen molar-refractivity contribution in [1.82, 2.24) is 9.55 Å². The van der Waals surface area contributed by atoms with E-state index < -0.39 is 49.4 Å². The van der Waals surface area contributed by atoms with Crippen LogP contribution in [0.2, 0.25) is 5.04 Å². The first-order chi connectivity index (χ1) is 19.6. The molecule has 3 heterocycles. The number of aromatic amines is 1. The molecule has 1 spiro atoms. The molecule has 3 aliphatic rings. The number of hydrogen-bond acceptors (Lipinski definition) is 6. The molecule has 1 aromatic heterocycles. The Bertz CT molecular complexity index is 1470. The van der Waals surface area contributed by atoms with Gasteiger partial charge in [0.15, 0.2) is 12.0 Å². The quantitative estimate of drug-likeness (QED) is 0.343. The van der Waals surface area contributed by atoms with E-state index in [0.29, 0.717) is 0 Å². The molecule has 1 aliphatic carbocycles. The third-order valence-electron chi connectivity index (χ3n) is 8.86. The van der Waals surface area contributed by atoms with E-state index in [1.165, 1.54) is 16.8 Å². The van der Waals surface area contributed by atoms with Gasteiger partial charge in [0.1, 0.15) is 17.8 Å². The fraction of sp³-hybridized carbons (Fsp3) is 0.438. The number of hydrogen-bond donors (Lipinski definition) is 1. The van der Waals surface area contributed by atoms with Gasteiger partial charge in [-0.2, -0.15) is 0 Å². The van der Waals surface area contributed by atoms with Crippen molar-refractivity contribution in [3.05, 3.63) is 106 Å². The van der Waals surface area contributed by atoms with Gasteiger partial charge in [0, 0.05) is 25.1 Å². The first-order valence-corrected chi connectivity index (χ1v) is 16.3. The molecule has 2 saturated heterocycles. The highest BCUT2D eigenvalue weighted by molar-refractivity contribution is 6.99. The summed E-state index contributed by atoms with van der Waals surface area (Å²) >= 11 is 0. The lowest BCUT2D eigenvalue weighted by atomic mass is 9.96. The van der Waals surface area contributed by atoms with Crippen molar-refractivity contribution in [3.63, 3.8) is 0 Å². The Balaban J connectivity index is 1.44. The van der Waals surface area contributed by atoms with Crippen LogP contribution in [0.4, 0.5) is 0 Å². The summed E-state index contributed by atoms with van der Waals surface area (Å²) in [5.74, 6) is -0.727. The first-order valence-electron chi connectivity index (χ1n) is 14.4. The average molecular weight is 575 g/mol. The summed E-state index contributed by atoms with van der Waals surface area (Å²) in [6, 6.07) is 22.1. The second-order valence-electron chi connectivity index (χ2n) is 12.4. The van der Waals surface area contributed by atoms with Crippen molar-refractivity contribution in [3.8, 4) is 0 Å². The zero-order chi connectivity index (χ0) is 28.9. The third-order valence-corrected chi connectivity index (χ3v) is 13.8. The van der Waals surface area contributed by atoms with Crippen molar-refractivity contribution >= 4 is 18.7 Å². The monoisotopic (exact) mass is 574 g/mol. The Kier molecular flexibility index (Phi) is 7.06. The molecule has 0 amide bonds. The highest BCUT2D eigenvalue weighted by Crippen LogP contribution is 2.53. The summed E-state index contributed by atoms with van der Waals surface area (Å²) in [5.41, 5.74) is -2.14. The van der Waals surface area contributed by atoms with Crippen LogP contribution in [-0.2, 0) is 18.6 Å². The van der Waals surface area contributed by atoms with Gasteiger partial charge < -0.3 is 18.6 Å². The van der Waals surface area contributed by atoms with Gasteiger partial charge in [-0.3, -0.25) is 14.3 Å². The maximum Gasteiger partial charge on any atom is 0.330 e. The number of rotatable bonds is 7. The Morgan fingerprint density at radius 1 is 0.976 bits per heavy atom. The number of benzene rings is 2. The minimum absolute atomic E-state index is 0.152. The van der Waals surface area contributed by atoms with E-state index in [1.54, 1.807) is 6.08 Å². The van der Waals surface area contributed by atoms with Crippen LogP contribution in [-0.4, -0.2) is 48.1 Å². The SMILES string of the molecule is C=C[C@]1(CO[Si](c2ccccc2)(c2ccccc2)C(C)(C)C)O[C@@H](n2ccc(=O)[nH]c2=O)[C@@H]2OC3(CCCC3)O[C@@H]21. The van der Waals surface area contributed by atoms with E-state index >= 15 is 0 Å². The zero-order valence-electron chi connectivity index (χ0n) is 23.9. The topological polar surface area (TPSA) is 91.8 Å². The van der Waals surface area contributed by atoms with Crippen molar-refractivity contribution < 1.29 is 18.6 Å². The third kappa shape index (κ3) is 4.60. The lowest BCUT2D eigenvalue weighted by molar-refractivity contribution is -0.229. The standard InChI is InChI=1S/C32H38N2O6Si/c1-5-31(22-37-41(30(2,3)4,23-14-8-6-9-15-23)24-16-10-7-11-17-24)27-26(38-32(39-27)19-12-13-20-32)28(40-31)34-21-18-25(35)33-29(34)36/h5-11,14-18,21,26-28H,1,12-13,19-20,22H2,2-4H3,(H,33,35,36)/t26-,27+,28-,31-/m1/s1. The molecule has 0 radical (unpaired) electrons. The maximum absolute atomic E-state index is 12.9. The molecule has 1 N–H and O–H groups in total. The number of aromatic nitrogens is 2. The smallest absolute Gasteiger partial charge is 0.330 e. The number of ether oxygens (including phenoxy) is 3. The molecule has 3 fully saturated rings. The van der Waals surface area contributed by atoms with Gasteiger partial charge in [0.2, 0.25) is 0 Å². The second-order valence-corrected chi connectivity index (χ2v) is 16.7. The lowest BCUT2D eigenvalue weighted by Crippen LogP contribution is -2.68. The van der Waals surface area contributed by atoms with Crippen LogP contribution >= 0.6 is 0 Å². The predicted molar refractivity (Wildman–Crippen MR) is 159 cm³/mol. The zero-order valence-corrected chi connectivity index (χ0v) is 24.9. The summed E-state index contributed by atoms with van der Waals surface area (Å²) in [6.45, 7) is 11.0. The Hall–Kier alpha value is -3.08. The van der Waals surface area contributed by atoms with E-state index in [-0.39, 0.29) is 11.6 Å². The molecule has 0 unspecified atom stereocenters. The molecule has 4 atom stereocenters. The molecule has 41 heavy (non-hydrogen) atoms. The average Bonchev–Trinajstić information content (AvgIpc) is 3.65. The van der Waals surface area contributed by atoms with Gasteiger partial charge in [-0.25, -0.2) is 4.79 Å². The van der Waals surface area contributed by atoms with Gasteiger partial charge in [-0.1, -0.05) is 87.5 Å². The first kappa shape index (κ1) is 28.1. The number of fused-ring (bicyclic) bond motifs is 1. The van der Waals surface area contributed by atoms with Gasteiger partial charge in [-0.05, 0) is 28.3 Å². The minimum atomic E-state index is -2.92. The normalized spacial score (nSPS) is 27.2. The molecule has 1 saturated carbocycles. The Labute approximate surface area is 241 Å². The van der Waals surface area contributed by atoms with E-state index in [2.05, 4.69) is 80.9 Å². The Morgan fingerprint density at radius 2 is 1.59 bits per heavy atom. The molecular formula is C32H38N2O6Si. The van der Waals surface area contributed by atoms with Gasteiger partial charge >= 0.3 is 5.69 Å². The number of H-pyrrole nitrogens is 1. The fourth-order valence-electron chi connectivity index (χ4n) is 6.89. The molecule has 216 valence electrons. The van der Waals surface area contributed by atoms with E-state index in [1.807, 2.05) is 12.1 Å². The summed E-state index contributed by atoms with van der Waals surface area (Å²) in [4.78, 5) is 27.1. The van der Waals surface area contributed by atoms with Crippen molar-refractivity contribution in [2.24, 2.45) is 0 Å². The van der Waals surface area contributed by atoms with Crippen LogP contribution in [0.15, 0.2) is 95.2 Å². The Morgan fingerprint density at radius 3 is 2.12 bits per heavy atom. The van der Waals surface area contributed by atoms with Crippen molar-refractivity contribution in [1.29, 1.82) is 0 Å². The molecule has 6 rings (SSSR count). The predicted octanol–water partition coefficient (Wildman–Crippen LogP) is 3.62. The van der Waals surface area contributed by atoms with E-state index in [4.69, 9.17) is 18.6 Å². The van der Waals surface area contributed by atoms with Crippen molar-refractivity contribution in [2.45, 2.75) is 81.3 Å². The maximum atomic E-state index is 12.9. The summed E-state index contributed by atoms with van der Waals surface area (Å²) in [5, 5.41) is 2.05. The van der Waals surface area contributed by atoms with E-state index in [9.17, 15) is 9.59 Å². The van der Waals surface area contributed by atoms with Crippen LogP contribution in [0, 0.1) is 0 Å². The van der Waals surface area contributed by atoms with Gasteiger partial charge in [0.25, 0.3) is 13.9 Å². The molecule has 3 aromatic rings. The number of nitrogens with zero attached hydrogens (tertiary/aromatic N) is 1. The molecule has 0 bridgehead atoms. The highest BCUT2D eigenvalue weighted by atomic mass is 28.4. The van der Waals surface area contributed by atoms with Crippen molar-refractivity contribution in [2.75, 3.05) is 6.61 Å². The van der Waals surface area contributed by atoms with Crippen LogP contribution in [0.1, 0.15) is 52.7 Å². The van der Waals surface area contributed by atoms with Gasteiger partial charge in [-0.15, -0.1) is 6.58 Å². The minimum Gasteiger partial charge on any atom is -0.404 e. The molecule has 8 nitrogen and oxygen atoms in total. The van der Waals surface area contributed by atoms with Crippen LogP contribution in [0.5, 0.6) is 0 Å². The molecule has 9 heteroatoms. The van der Waals surface area contributed by atoms with Crippen LogP contribution in [0.25, 0.3) is 0 Å². The lowest BCUT2D eigenvalue weighted by Gasteiger charge is -2.45. The largest absolute Gasteiger partial charge is 0.404 e. The number of nitrogens with one attached hydrogen (secondary N) is 1. The highest BCUT2D eigenvalue weighted by Gasteiger charge is 2.66. The molecule has 2 aromatic carbocycles. The summed E-state index contributed by atoms with van der Waals surface area (Å²) in [7, 11) is -2.92. The van der Waals surface area contributed by atoms with E-state index in [0.717, 1.165) is 36.1 Å². The second kappa shape index (κ2) is 10.3. The van der Waals surface area contributed by atoms with Crippen LogP contribution in [0.3, 0.4) is 0 Å². The molecule has 2 aliphatic heterocycles. The van der Waals surface area contributed by atoms with Gasteiger partial charge in [0.05, 0.1) is 6.61 Å². The summed E-state index contributed by atoms with van der Waals surface area (Å²) in [6.07, 6.45) is 4.78.